The van der Waals surface area contributed by atoms with Gasteiger partial charge in [0, 0.05) is 49.4 Å². The predicted octanol–water partition coefficient (Wildman–Crippen LogP) is 3.34. The fourth-order valence-electron chi connectivity index (χ4n) is 5.65. The maximum absolute atomic E-state index is 14.5. The highest BCUT2D eigenvalue weighted by molar-refractivity contribution is 6.68. The summed E-state index contributed by atoms with van der Waals surface area (Å²) in [6, 6.07) is 12.4. The molecule has 0 spiro atoms. The van der Waals surface area contributed by atoms with Crippen LogP contribution in [0.3, 0.4) is 0 Å². The Kier molecular flexibility index (Phi) is 10.2. The molecule has 215 valence electrons. The minimum atomic E-state index is -1.71. The predicted molar refractivity (Wildman–Crippen MR) is 156 cm³/mol. The average Bonchev–Trinajstić information content (AvgIpc) is 2.97. The third-order valence-corrected chi connectivity index (χ3v) is 10.4. The van der Waals surface area contributed by atoms with Crippen molar-refractivity contribution >= 4 is 26.0 Å². The Labute approximate surface area is 238 Å². The molecule has 4 rings (SSSR count). The summed E-state index contributed by atoms with van der Waals surface area (Å²) < 4.78 is 21.0. The third kappa shape index (κ3) is 7.38. The van der Waals surface area contributed by atoms with E-state index < -0.39 is 9.04 Å². The first-order chi connectivity index (χ1) is 19.2. The van der Waals surface area contributed by atoms with Crippen LogP contribution in [0.25, 0.3) is 0 Å². The summed E-state index contributed by atoms with van der Waals surface area (Å²) >= 11 is 0. The largest absolute Gasteiger partial charge is 0.536 e. The molecule has 1 saturated carbocycles. The number of carbonyl (C=O) groups excluding carboxylic acids is 2. The first-order valence-electron chi connectivity index (χ1n) is 14.2. The van der Waals surface area contributed by atoms with Crippen LogP contribution in [0.15, 0.2) is 55.1 Å². The van der Waals surface area contributed by atoms with Gasteiger partial charge in [0.15, 0.2) is 0 Å². The molecule has 0 unspecified atom stereocenters. The number of nitrogens with one attached hydrogen (secondary N) is 1. The van der Waals surface area contributed by atoms with E-state index in [1.54, 1.807) is 43.3 Å². The van der Waals surface area contributed by atoms with E-state index in [0.29, 0.717) is 49.2 Å². The Morgan fingerprint density at radius 2 is 1.90 bits per heavy atom. The van der Waals surface area contributed by atoms with Crippen LogP contribution in [0, 0.1) is 18.2 Å². The van der Waals surface area contributed by atoms with Crippen molar-refractivity contribution in [2.24, 2.45) is 5.41 Å². The van der Waals surface area contributed by atoms with Crippen molar-refractivity contribution in [3.8, 4) is 5.75 Å². The molecule has 9 heteroatoms. The number of amides is 2. The smallest absolute Gasteiger partial charge is 0.331 e. The van der Waals surface area contributed by atoms with Crippen molar-refractivity contribution in [1.29, 1.82) is 0 Å². The molecule has 1 radical (unpaired) electrons. The molecular weight excluding hydrogens is 525 g/mol. The molecule has 1 aliphatic carbocycles. The standard InChI is InChI=1S/C31H41FN3O4Si/c1-4-29(37)35-17-16-34(19-24(35)3)22-40(27-13-8-23(2)28(32)18-27)39-26-11-9-25(10-12-26)30(38)33-20-31(21-36)14-6-5-7-15-31/h4,8-13,18,24,36H,1,5-7,14-17,19-22H2,2-3H3,(H,33,38)/t24-/m1/s1. The number of carbonyl (C=O) groups is 2. The van der Waals surface area contributed by atoms with Gasteiger partial charge in [-0.1, -0.05) is 38.0 Å². The SMILES string of the molecule is C=CC(=O)N1CCN(C[Si](Oc2ccc(C(=O)NCC3(CO)CCCCC3)cc2)c2ccc(C)c(F)c2)C[C@H]1C. The van der Waals surface area contributed by atoms with E-state index in [1.165, 1.54) is 12.5 Å². The number of hydrogen-bond donors (Lipinski definition) is 2. The molecule has 2 aliphatic rings. The van der Waals surface area contributed by atoms with E-state index in [0.717, 1.165) is 30.9 Å². The lowest BCUT2D eigenvalue weighted by molar-refractivity contribution is -0.130. The molecular formula is C31H41FN3O4Si. The van der Waals surface area contributed by atoms with Crippen LogP contribution in [-0.2, 0) is 4.79 Å². The average molecular weight is 567 g/mol. The summed E-state index contributed by atoms with van der Waals surface area (Å²) in [5.74, 6) is 0.129. The summed E-state index contributed by atoms with van der Waals surface area (Å²) in [7, 11) is -1.71. The molecule has 0 aromatic heterocycles. The van der Waals surface area contributed by atoms with Crippen molar-refractivity contribution in [2.75, 3.05) is 39.0 Å². The second-order valence-corrected chi connectivity index (χ2v) is 13.2. The van der Waals surface area contributed by atoms with Crippen LogP contribution < -0.4 is 14.9 Å². The van der Waals surface area contributed by atoms with E-state index in [-0.39, 0.29) is 35.7 Å². The number of hydrogen-bond acceptors (Lipinski definition) is 5. The number of aryl methyl sites for hydroxylation is 1. The highest BCUT2D eigenvalue weighted by Crippen LogP contribution is 2.35. The van der Waals surface area contributed by atoms with Gasteiger partial charge >= 0.3 is 9.04 Å². The molecule has 2 amide bonds. The Bertz CT molecular complexity index is 1190. The lowest BCUT2D eigenvalue weighted by Crippen LogP contribution is -2.57. The maximum Gasteiger partial charge on any atom is 0.331 e. The van der Waals surface area contributed by atoms with Crippen LogP contribution in [0.1, 0.15) is 54.9 Å². The molecule has 2 fully saturated rings. The second kappa shape index (κ2) is 13.6. The number of benzene rings is 2. The summed E-state index contributed by atoms with van der Waals surface area (Å²) in [6.45, 7) is 9.92. The summed E-state index contributed by atoms with van der Waals surface area (Å²) in [6.07, 6.45) is 7.18. The van der Waals surface area contributed by atoms with E-state index in [9.17, 15) is 19.1 Å². The van der Waals surface area contributed by atoms with Gasteiger partial charge in [-0.05, 0) is 73.8 Å². The Balaban J connectivity index is 1.43. The van der Waals surface area contributed by atoms with Crippen molar-refractivity contribution in [1.82, 2.24) is 15.1 Å². The molecule has 1 heterocycles. The van der Waals surface area contributed by atoms with Crippen molar-refractivity contribution in [3.63, 3.8) is 0 Å². The molecule has 0 bridgehead atoms. The first-order valence-corrected chi connectivity index (χ1v) is 15.8. The molecule has 1 aliphatic heterocycles. The van der Waals surface area contributed by atoms with Gasteiger partial charge in [-0.2, -0.15) is 0 Å². The topological polar surface area (TPSA) is 82.1 Å². The quantitative estimate of drug-likeness (QED) is 0.341. The number of rotatable bonds is 10. The normalized spacial score (nSPS) is 19.3. The van der Waals surface area contributed by atoms with Gasteiger partial charge in [0.05, 0.1) is 6.61 Å². The van der Waals surface area contributed by atoms with Crippen LogP contribution in [0.5, 0.6) is 5.75 Å². The number of aliphatic hydroxyl groups excluding tert-OH is 1. The van der Waals surface area contributed by atoms with Crippen LogP contribution in [-0.4, -0.2) is 80.8 Å². The third-order valence-electron chi connectivity index (χ3n) is 8.26. The summed E-state index contributed by atoms with van der Waals surface area (Å²) in [5.41, 5.74) is 0.893. The minimum Gasteiger partial charge on any atom is -0.536 e. The van der Waals surface area contributed by atoms with Gasteiger partial charge in [0.25, 0.3) is 5.91 Å². The lowest BCUT2D eigenvalue weighted by atomic mass is 9.74. The van der Waals surface area contributed by atoms with Crippen molar-refractivity contribution in [3.05, 3.63) is 72.1 Å². The molecule has 2 N–H and O–H groups in total. The van der Waals surface area contributed by atoms with Crippen molar-refractivity contribution in [2.45, 2.75) is 52.0 Å². The van der Waals surface area contributed by atoms with Crippen molar-refractivity contribution < 1.29 is 23.5 Å². The van der Waals surface area contributed by atoms with Gasteiger partial charge in [-0.3, -0.25) is 14.5 Å². The zero-order valence-corrected chi connectivity index (χ0v) is 24.6. The minimum absolute atomic E-state index is 0.0358. The zero-order chi connectivity index (χ0) is 28.7. The number of aliphatic hydroxyl groups is 1. The van der Waals surface area contributed by atoms with Gasteiger partial charge < -0.3 is 19.7 Å². The molecule has 1 atom stereocenters. The highest BCUT2D eigenvalue weighted by atomic mass is 28.3. The molecule has 7 nitrogen and oxygen atoms in total. The Morgan fingerprint density at radius 3 is 2.52 bits per heavy atom. The Hall–Kier alpha value is -3.01. The van der Waals surface area contributed by atoms with E-state index in [2.05, 4.69) is 16.8 Å². The number of halogens is 1. The fraction of sp³-hybridized carbons (Fsp3) is 0.484. The Morgan fingerprint density at radius 1 is 1.18 bits per heavy atom. The van der Waals surface area contributed by atoms with Gasteiger partial charge in [-0.25, -0.2) is 4.39 Å². The highest BCUT2D eigenvalue weighted by Gasteiger charge is 2.32. The monoisotopic (exact) mass is 566 g/mol. The zero-order valence-electron chi connectivity index (χ0n) is 23.6. The van der Waals surface area contributed by atoms with E-state index in [1.807, 2.05) is 17.9 Å². The maximum atomic E-state index is 14.5. The van der Waals surface area contributed by atoms with Gasteiger partial charge in [0.2, 0.25) is 5.91 Å². The number of nitrogens with zero attached hydrogens (tertiary/aromatic N) is 2. The van der Waals surface area contributed by atoms with Crippen LogP contribution in [0.4, 0.5) is 4.39 Å². The molecule has 2 aromatic rings. The first kappa shape index (κ1) is 30.0. The van der Waals surface area contributed by atoms with E-state index >= 15 is 0 Å². The van der Waals surface area contributed by atoms with Gasteiger partial charge in [0.1, 0.15) is 11.6 Å². The number of piperazine rings is 1. The summed E-state index contributed by atoms with van der Waals surface area (Å²) in [5, 5.41) is 13.8. The second-order valence-electron chi connectivity index (χ2n) is 11.2. The van der Waals surface area contributed by atoms with Crippen LogP contribution in [0.2, 0.25) is 0 Å². The van der Waals surface area contributed by atoms with Crippen LogP contribution >= 0.6 is 0 Å². The lowest BCUT2D eigenvalue weighted by Gasteiger charge is -2.40. The molecule has 1 saturated heterocycles. The van der Waals surface area contributed by atoms with E-state index in [4.69, 9.17) is 4.43 Å². The fourth-order valence-corrected chi connectivity index (χ4v) is 7.69. The van der Waals surface area contributed by atoms with Gasteiger partial charge in [-0.15, -0.1) is 0 Å². The summed E-state index contributed by atoms with van der Waals surface area (Å²) in [4.78, 5) is 29.1. The molecule has 40 heavy (non-hydrogen) atoms. The molecule has 2 aromatic carbocycles.